The Morgan fingerprint density at radius 2 is 1.05 bits per heavy atom. The first-order chi connectivity index (χ1) is 20.3. The second-order valence-electron chi connectivity index (χ2n) is 10.1. The van der Waals surface area contributed by atoms with Crippen molar-refractivity contribution in [3.05, 3.63) is 140 Å². The third-order valence-electron chi connectivity index (χ3n) is 7.51. The molecular weight excluding hydrogens is 518 g/mol. The van der Waals surface area contributed by atoms with E-state index < -0.39 is 0 Å². The van der Waals surface area contributed by atoms with Crippen LogP contribution in [0, 0.1) is 0 Å². The van der Waals surface area contributed by atoms with Gasteiger partial charge in [-0.05, 0) is 35.4 Å². The number of para-hydroxylation sites is 1. The summed E-state index contributed by atoms with van der Waals surface area (Å²) in [5, 5.41) is 3.35. The van der Waals surface area contributed by atoms with Crippen molar-refractivity contribution in [1.82, 2.24) is 15.0 Å². The zero-order valence-corrected chi connectivity index (χ0v) is 22.8. The molecule has 3 heterocycles. The monoisotopic (exact) mass is 541 g/mol. The molecule has 0 unspecified atom stereocenters. The Hall–Kier alpha value is -5.19. The molecule has 0 atom stereocenters. The van der Waals surface area contributed by atoms with Gasteiger partial charge in [-0.3, -0.25) is 0 Å². The Kier molecular flexibility index (Phi) is 5.64. The van der Waals surface area contributed by atoms with E-state index in [2.05, 4.69) is 121 Å². The first-order valence-electron chi connectivity index (χ1n) is 13.6. The highest BCUT2D eigenvalue weighted by Gasteiger charge is 2.20. The van der Waals surface area contributed by atoms with Crippen molar-refractivity contribution >= 4 is 42.5 Å². The average Bonchev–Trinajstić information content (AvgIpc) is 3.42. The number of aromatic nitrogens is 3. The van der Waals surface area contributed by atoms with Gasteiger partial charge >= 0.3 is 0 Å². The number of hydrogen-bond donors (Lipinski definition) is 0. The molecule has 0 spiro atoms. The number of fused-ring (bicyclic) bond motifs is 4. The Morgan fingerprint density at radius 1 is 0.439 bits per heavy atom. The molecule has 0 aliphatic heterocycles. The van der Waals surface area contributed by atoms with E-state index in [1.165, 1.54) is 15.6 Å². The minimum Gasteiger partial charge on any atom is -0.237 e. The first-order valence-corrected chi connectivity index (χ1v) is 14.4. The summed E-state index contributed by atoms with van der Waals surface area (Å²) in [7, 11) is 0. The maximum absolute atomic E-state index is 5.29. The standard InChI is InChI=1S/C37H23N3S/c1-3-12-24(13-4-1)26-16-11-17-27(22-26)32-23-31(25-14-5-2-6-15-25)38-36(39-32)34-28-18-7-9-20-30(28)40-37-35(34)29-19-8-10-21-33(29)41-37/h1-23H. The third-order valence-corrected chi connectivity index (χ3v) is 8.57. The summed E-state index contributed by atoms with van der Waals surface area (Å²) in [5.74, 6) is 0.707. The van der Waals surface area contributed by atoms with Crippen molar-refractivity contribution in [2.24, 2.45) is 0 Å². The van der Waals surface area contributed by atoms with Crippen LogP contribution >= 0.6 is 11.3 Å². The summed E-state index contributed by atoms with van der Waals surface area (Å²) in [4.78, 5) is 16.6. The maximum Gasteiger partial charge on any atom is 0.161 e. The fourth-order valence-electron chi connectivity index (χ4n) is 5.56. The summed E-state index contributed by atoms with van der Waals surface area (Å²) < 4.78 is 1.21. The van der Waals surface area contributed by atoms with E-state index in [-0.39, 0.29) is 0 Å². The molecule has 3 nitrogen and oxygen atoms in total. The molecular formula is C37H23N3S. The van der Waals surface area contributed by atoms with Gasteiger partial charge in [-0.15, -0.1) is 11.3 Å². The predicted octanol–water partition coefficient (Wildman–Crippen LogP) is 10.1. The molecule has 0 saturated carbocycles. The average molecular weight is 542 g/mol. The molecule has 192 valence electrons. The largest absolute Gasteiger partial charge is 0.237 e. The van der Waals surface area contributed by atoms with Gasteiger partial charge in [0, 0.05) is 37.5 Å². The van der Waals surface area contributed by atoms with Gasteiger partial charge in [-0.1, -0.05) is 115 Å². The van der Waals surface area contributed by atoms with Crippen LogP contribution < -0.4 is 0 Å². The van der Waals surface area contributed by atoms with Gasteiger partial charge in [0.1, 0.15) is 4.83 Å². The molecule has 0 saturated heterocycles. The summed E-state index contributed by atoms with van der Waals surface area (Å²) in [6.07, 6.45) is 0. The van der Waals surface area contributed by atoms with E-state index in [4.69, 9.17) is 15.0 Å². The van der Waals surface area contributed by atoms with Gasteiger partial charge in [-0.25, -0.2) is 15.0 Å². The van der Waals surface area contributed by atoms with Crippen LogP contribution in [0.2, 0.25) is 0 Å². The lowest BCUT2D eigenvalue weighted by Crippen LogP contribution is -1.98. The number of rotatable bonds is 4. The second-order valence-corrected chi connectivity index (χ2v) is 11.1. The molecule has 0 aliphatic carbocycles. The van der Waals surface area contributed by atoms with E-state index >= 15 is 0 Å². The van der Waals surface area contributed by atoms with Crippen LogP contribution in [0.4, 0.5) is 0 Å². The molecule has 0 fully saturated rings. The molecule has 41 heavy (non-hydrogen) atoms. The Labute approximate surface area is 241 Å². The lowest BCUT2D eigenvalue weighted by Gasteiger charge is -2.13. The molecule has 0 amide bonds. The number of pyridine rings is 1. The van der Waals surface area contributed by atoms with Crippen molar-refractivity contribution in [2.75, 3.05) is 0 Å². The molecule has 0 radical (unpaired) electrons. The van der Waals surface area contributed by atoms with Crippen LogP contribution in [0.15, 0.2) is 140 Å². The second kappa shape index (κ2) is 9.77. The van der Waals surface area contributed by atoms with Crippen molar-refractivity contribution < 1.29 is 0 Å². The molecule has 0 N–H and O–H groups in total. The van der Waals surface area contributed by atoms with Gasteiger partial charge in [0.2, 0.25) is 0 Å². The van der Waals surface area contributed by atoms with Gasteiger partial charge in [0.15, 0.2) is 5.82 Å². The van der Waals surface area contributed by atoms with Crippen LogP contribution in [-0.2, 0) is 0 Å². The van der Waals surface area contributed by atoms with Crippen LogP contribution in [0.25, 0.3) is 76.2 Å². The topological polar surface area (TPSA) is 38.7 Å². The zero-order valence-electron chi connectivity index (χ0n) is 22.0. The van der Waals surface area contributed by atoms with Gasteiger partial charge in [-0.2, -0.15) is 0 Å². The molecule has 3 aromatic heterocycles. The molecule has 0 bridgehead atoms. The first kappa shape index (κ1) is 23.7. The highest BCUT2D eigenvalue weighted by Crippen LogP contribution is 2.42. The molecule has 8 aromatic rings. The molecule has 0 aliphatic rings. The normalized spacial score (nSPS) is 11.4. The van der Waals surface area contributed by atoms with E-state index in [0.717, 1.165) is 54.8 Å². The molecule has 5 aromatic carbocycles. The van der Waals surface area contributed by atoms with Gasteiger partial charge in [0.05, 0.1) is 16.9 Å². The molecule has 8 rings (SSSR count). The lowest BCUT2D eigenvalue weighted by molar-refractivity contribution is 1.19. The highest BCUT2D eigenvalue weighted by molar-refractivity contribution is 7.25. The number of benzene rings is 5. The van der Waals surface area contributed by atoms with E-state index in [1.807, 2.05) is 18.2 Å². The number of hydrogen-bond acceptors (Lipinski definition) is 4. The van der Waals surface area contributed by atoms with Crippen LogP contribution in [0.3, 0.4) is 0 Å². The highest BCUT2D eigenvalue weighted by atomic mass is 32.1. The summed E-state index contributed by atoms with van der Waals surface area (Å²) in [6.45, 7) is 0. The fourth-order valence-corrected chi connectivity index (χ4v) is 6.66. The number of thiophene rings is 1. The summed E-state index contributed by atoms with van der Waals surface area (Å²) in [6, 6.07) is 48.4. The maximum atomic E-state index is 5.29. The van der Waals surface area contributed by atoms with Crippen molar-refractivity contribution in [1.29, 1.82) is 0 Å². The number of nitrogens with zero attached hydrogens (tertiary/aromatic N) is 3. The van der Waals surface area contributed by atoms with E-state index in [1.54, 1.807) is 11.3 Å². The third kappa shape index (κ3) is 4.17. The van der Waals surface area contributed by atoms with Crippen molar-refractivity contribution in [3.8, 4) is 45.0 Å². The van der Waals surface area contributed by atoms with Crippen LogP contribution in [0.5, 0.6) is 0 Å². The van der Waals surface area contributed by atoms with Gasteiger partial charge < -0.3 is 0 Å². The summed E-state index contributed by atoms with van der Waals surface area (Å²) >= 11 is 1.72. The van der Waals surface area contributed by atoms with Crippen molar-refractivity contribution in [3.63, 3.8) is 0 Å². The van der Waals surface area contributed by atoms with Crippen LogP contribution in [-0.4, -0.2) is 15.0 Å². The smallest absolute Gasteiger partial charge is 0.161 e. The quantitative estimate of drug-likeness (QED) is 0.222. The fraction of sp³-hybridized carbons (Fsp3) is 0. The van der Waals surface area contributed by atoms with Crippen molar-refractivity contribution in [2.45, 2.75) is 0 Å². The molecule has 4 heteroatoms. The Morgan fingerprint density at radius 3 is 1.85 bits per heavy atom. The minimum absolute atomic E-state index is 0.707. The predicted molar refractivity (Wildman–Crippen MR) is 172 cm³/mol. The van der Waals surface area contributed by atoms with Gasteiger partial charge in [0.25, 0.3) is 0 Å². The minimum atomic E-state index is 0.707. The zero-order chi connectivity index (χ0) is 27.2. The van der Waals surface area contributed by atoms with Crippen LogP contribution in [0.1, 0.15) is 0 Å². The lowest BCUT2D eigenvalue weighted by atomic mass is 9.99. The van der Waals surface area contributed by atoms with E-state index in [9.17, 15) is 0 Å². The summed E-state index contributed by atoms with van der Waals surface area (Å²) in [5.41, 5.74) is 8.20. The SMILES string of the molecule is c1ccc(-c2cccc(-c3cc(-c4ccccc4)nc(-c4c5ccccc5nc5sc6ccccc6c45)n3)c2)cc1. The Bertz CT molecular complexity index is 2200. The Balaban J connectivity index is 1.44. The van der Waals surface area contributed by atoms with E-state index in [0.29, 0.717) is 5.82 Å².